The van der Waals surface area contributed by atoms with Gasteiger partial charge in [-0.3, -0.25) is 0 Å². The van der Waals surface area contributed by atoms with Gasteiger partial charge in [-0.1, -0.05) is 25.4 Å². The summed E-state index contributed by atoms with van der Waals surface area (Å²) in [4.78, 5) is 7.21. The number of rotatable bonds is 9. The minimum atomic E-state index is 0.698. The Kier molecular flexibility index (Phi) is 6.68. The zero-order valence-electron chi connectivity index (χ0n) is 13.7. The second-order valence-electron chi connectivity index (χ2n) is 5.59. The number of hydrogen-bond acceptors (Lipinski definition) is 3. The summed E-state index contributed by atoms with van der Waals surface area (Å²) in [6, 6.07) is 5.93. The summed E-state index contributed by atoms with van der Waals surface area (Å²) < 4.78 is 2.32. The molecule has 22 heavy (non-hydrogen) atoms. The van der Waals surface area contributed by atoms with E-state index in [-0.39, 0.29) is 0 Å². The molecule has 0 aliphatic heterocycles. The molecule has 0 saturated heterocycles. The molecular formula is C17H27ClN4. The van der Waals surface area contributed by atoms with Crippen molar-refractivity contribution in [1.29, 1.82) is 0 Å². The van der Waals surface area contributed by atoms with Gasteiger partial charge in [-0.2, -0.15) is 0 Å². The number of nitrogens with zero attached hydrogens (tertiary/aromatic N) is 3. The monoisotopic (exact) mass is 322 g/mol. The minimum absolute atomic E-state index is 0.698. The van der Waals surface area contributed by atoms with Crippen LogP contribution < -0.4 is 5.73 Å². The SMILES string of the molecule is CCN(CC)CCCn1c(CCCN)nc2ccc(Cl)cc21. The lowest BCUT2D eigenvalue weighted by Gasteiger charge is -2.18. The van der Waals surface area contributed by atoms with Crippen LogP contribution in [0, 0.1) is 0 Å². The molecule has 4 nitrogen and oxygen atoms in total. The van der Waals surface area contributed by atoms with Gasteiger partial charge in [0.15, 0.2) is 0 Å². The number of hydrogen-bond donors (Lipinski definition) is 1. The Labute approximate surface area is 138 Å². The molecule has 0 aliphatic rings. The topological polar surface area (TPSA) is 47.1 Å². The largest absolute Gasteiger partial charge is 0.330 e. The number of aryl methyl sites for hydroxylation is 2. The summed E-state index contributed by atoms with van der Waals surface area (Å²) in [6.07, 6.45) is 3.01. The summed E-state index contributed by atoms with van der Waals surface area (Å²) in [7, 11) is 0. The Balaban J connectivity index is 2.18. The van der Waals surface area contributed by atoms with Gasteiger partial charge in [0, 0.05) is 18.0 Å². The highest BCUT2D eigenvalue weighted by Gasteiger charge is 2.11. The molecule has 5 heteroatoms. The molecule has 0 amide bonds. The first-order valence-corrected chi connectivity index (χ1v) is 8.64. The van der Waals surface area contributed by atoms with Crippen molar-refractivity contribution >= 4 is 22.6 Å². The van der Waals surface area contributed by atoms with Crippen LogP contribution in [0.5, 0.6) is 0 Å². The van der Waals surface area contributed by atoms with E-state index in [1.807, 2.05) is 18.2 Å². The van der Waals surface area contributed by atoms with E-state index in [0.29, 0.717) is 6.54 Å². The molecule has 0 radical (unpaired) electrons. The van der Waals surface area contributed by atoms with Crippen LogP contribution in [0.3, 0.4) is 0 Å². The van der Waals surface area contributed by atoms with Gasteiger partial charge in [0.05, 0.1) is 11.0 Å². The molecule has 0 saturated carbocycles. The Hall–Kier alpha value is -1.10. The van der Waals surface area contributed by atoms with Crippen LogP contribution in [0.25, 0.3) is 11.0 Å². The summed E-state index contributed by atoms with van der Waals surface area (Å²) in [5.41, 5.74) is 7.82. The number of imidazole rings is 1. The van der Waals surface area contributed by atoms with Gasteiger partial charge < -0.3 is 15.2 Å². The molecule has 1 aromatic carbocycles. The summed E-state index contributed by atoms with van der Waals surface area (Å²) in [5, 5.41) is 0.766. The fourth-order valence-electron chi connectivity index (χ4n) is 2.84. The van der Waals surface area contributed by atoms with Crippen molar-refractivity contribution in [2.24, 2.45) is 5.73 Å². The standard InChI is InChI=1S/C17H27ClN4/c1-3-21(4-2)11-6-12-22-16-13-14(18)8-9-15(16)20-17(22)7-5-10-19/h8-9,13H,3-7,10-12,19H2,1-2H3. The van der Waals surface area contributed by atoms with Crippen LogP contribution in [0.4, 0.5) is 0 Å². The first kappa shape index (κ1) is 17.3. The van der Waals surface area contributed by atoms with E-state index in [0.717, 1.165) is 67.3 Å². The molecule has 1 aromatic heterocycles. The quantitative estimate of drug-likeness (QED) is 0.770. The zero-order chi connectivity index (χ0) is 15.9. The smallest absolute Gasteiger partial charge is 0.109 e. The van der Waals surface area contributed by atoms with Crippen molar-refractivity contribution in [2.45, 2.75) is 39.7 Å². The molecule has 2 N–H and O–H groups in total. The second-order valence-corrected chi connectivity index (χ2v) is 6.02. The highest BCUT2D eigenvalue weighted by atomic mass is 35.5. The van der Waals surface area contributed by atoms with Gasteiger partial charge in [0.2, 0.25) is 0 Å². The highest BCUT2D eigenvalue weighted by Crippen LogP contribution is 2.22. The summed E-state index contributed by atoms with van der Waals surface area (Å²) in [5.74, 6) is 1.13. The zero-order valence-corrected chi connectivity index (χ0v) is 14.4. The van der Waals surface area contributed by atoms with Crippen LogP contribution >= 0.6 is 11.6 Å². The third kappa shape index (κ3) is 4.22. The normalized spacial score (nSPS) is 11.7. The number of aromatic nitrogens is 2. The predicted molar refractivity (Wildman–Crippen MR) is 94.5 cm³/mol. The first-order valence-electron chi connectivity index (χ1n) is 8.26. The molecule has 1 heterocycles. The Morgan fingerprint density at radius 3 is 2.68 bits per heavy atom. The van der Waals surface area contributed by atoms with E-state index in [4.69, 9.17) is 22.3 Å². The minimum Gasteiger partial charge on any atom is -0.330 e. The van der Waals surface area contributed by atoms with Crippen LogP contribution in [0.15, 0.2) is 18.2 Å². The number of benzene rings is 1. The molecule has 122 valence electrons. The van der Waals surface area contributed by atoms with Crippen molar-refractivity contribution < 1.29 is 0 Å². The Morgan fingerprint density at radius 2 is 2.00 bits per heavy atom. The maximum absolute atomic E-state index is 6.16. The lowest BCUT2D eigenvalue weighted by atomic mass is 10.2. The molecule has 2 rings (SSSR count). The van der Waals surface area contributed by atoms with E-state index in [1.165, 1.54) is 0 Å². The lowest BCUT2D eigenvalue weighted by Crippen LogP contribution is -2.25. The van der Waals surface area contributed by atoms with Crippen molar-refractivity contribution in [3.05, 3.63) is 29.0 Å². The molecule has 0 aliphatic carbocycles. The van der Waals surface area contributed by atoms with Crippen molar-refractivity contribution in [2.75, 3.05) is 26.2 Å². The number of halogens is 1. The van der Waals surface area contributed by atoms with E-state index in [2.05, 4.69) is 23.3 Å². The van der Waals surface area contributed by atoms with Gasteiger partial charge in [-0.25, -0.2) is 4.98 Å². The van der Waals surface area contributed by atoms with Gasteiger partial charge >= 0.3 is 0 Å². The van der Waals surface area contributed by atoms with Gasteiger partial charge in [-0.15, -0.1) is 0 Å². The number of nitrogens with two attached hydrogens (primary N) is 1. The second kappa shape index (κ2) is 8.51. The lowest BCUT2D eigenvalue weighted by molar-refractivity contribution is 0.293. The number of fused-ring (bicyclic) bond motifs is 1. The molecule has 0 fully saturated rings. The Bertz CT molecular complexity index is 590. The maximum Gasteiger partial charge on any atom is 0.109 e. The molecule has 0 atom stereocenters. The average Bonchev–Trinajstić information content (AvgIpc) is 2.86. The fourth-order valence-corrected chi connectivity index (χ4v) is 3.00. The molecule has 0 bridgehead atoms. The average molecular weight is 323 g/mol. The van der Waals surface area contributed by atoms with Crippen LogP contribution in [-0.4, -0.2) is 40.6 Å². The van der Waals surface area contributed by atoms with Crippen LogP contribution in [0.1, 0.15) is 32.5 Å². The van der Waals surface area contributed by atoms with Gasteiger partial charge in [-0.05, 0) is 57.2 Å². The summed E-state index contributed by atoms with van der Waals surface area (Å²) in [6.45, 7) is 9.42. The van der Waals surface area contributed by atoms with Crippen molar-refractivity contribution in [3.8, 4) is 0 Å². The van der Waals surface area contributed by atoms with Crippen molar-refractivity contribution in [3.63, 3.8) is 0 Å². The Morgan fingerprint density at radius 1 is 1.23 bits per heavy atom. The first-order chi connectivity index (χ1) is 10.7. The van der Waals surface area contributed by atoms with Gasteiger partial charge in [0.1, 0.15) is 5.82 Å². The third-order valence-electron chi connectivity index (χ3n) is 4.14. The van der Waals surface area contributed by atoms with Crippen LogP contribution in [0.2, 0.25) is 5.02 Å². The molecule has 0 spiro atoms. The van der Waals surface area contributed by atoms with E-state index >= 15 is 0 Å². The highest BCUT2D eigenvalue weighted by molar-refractivity contribution is 6.31. The van der Waals surface area contributed by atoms with E-state index in [1.54, 1.807) is 0 Å². The third-order valence-corrected chi connectivity index (χ3v) is 4.38. The van der Waals surface area contributed by atoms with Crippen LogP contribution in [-0.2, 0) is 13.0 Å². The molecule has 0 unspecified atom stereocenters. The van der Waals surface area contributed by atoms with E-state index in [9.17, 15) is 0 Å². The molecular weight excluding hydrogens is 296 g/mol. The maximum atomic E-state index is 6.16. The predicted octanol–water partition coefficient (Wildman–Crippen LogP) is 3.31. The fraction of sp³-hybridized carbons (Fsp3) is 0.588. The van der Waals surface area contributed by atoms with Gasteiger partial charge in [0.25, 0.3) is 0 Å². The summed E-state index contributed by atoms with van der Waals surface area (Å²) >= 11 is 6.16. The molecule has 2 aromatic rings. The van der Waals surface area contributed by atoms with E-state index < -0.39 is 0 Å². The van der Waals surface area contributed by atoms with Crippen molar-refractivity contribution in [1.82, 2.24) is 14.5 Å².